The number of carbonyl (C=O) groups excluding carboxylic acids is 1. The lowest BCUT2D eigenvalue weighted by molar-refractivity contribution is -0.172. The van der Waals surface area contributed by atoms with Gasteiger partial charge in [-0.05, 0) is 13.0 Å². The zero-order valence-electron chi connectivity index (χ0n) is 10.2. The van der Waals surface area contributed by atoms with Gasteiger partial charge in [0.2, 0.25) is 5.91 Å². The summed E-state index contributed by atoms with van der Waals surface area (Å²) in [5.74, 6) is -0.356. The molecule has 1 atom stereocenters. The van der Waals surface area contributed by atoms with Crippen molar-refractivity contribution in [3.8, 4) is 0 Å². The molecular weight excluding hydrogens is 216 g/mol. The molecule has 0 aliphatic rings. The van der Waals surface area contributed by atoms with Crippen LogP contribution in [0.1, 0.15) is 25.5 Å². The number of para-hydroxylation sites is 1. The van der Waals surface area contributed by atoms with E-state index in [0.29, 0.717) is 0 Å². The Labute approximate surface area is 100 Å². The average Bonchev–Trinajstić information content (AvgIpc) is 2.65. The van der Waals surface area contributed by atoms with Crippen LogP contribution in [0, 0.1) is 0 Å². The van der Waals surface area contributed by atoms with E-state index in [9.17, 15) is 10.0 Å². The van der Waals surface area contributed by atoms with Gasteiger partial charge in [0.1, 0.15) is 0 Å². The van der Waals surface area contributed by atoms with Crippen LogP contribution in [0.5, 0.6) is 0 Å². The first-order chi connectivity index (χ1) is 8.02. The van der Waals surface area contributed by atoms with Crippen molar-refractivity contribution in [1.82, 2.24) is 9.63 Å². The third-order valence-electron chi connectivity index (χ3n) is 3.07. The molecule has 1 amide bonds. The summed E-state index contributed by atoms with van der Waals surface area (Å²) in [6, 6.07) is 7.58. The quantitative estimate of drug-likeness (QED) is 0.638. The van der Waals surface area contributed by atoms with Crippen LogP contribution >= 0.6 is 0 Å². The summed E-state index contributed by atoms with van der Waals surface area (Å²) in [5, 5.41) is 11.5. The van der Waals surface area contributed by atoms with E-state index >= 15 is 0 Å². The number of hydrogen-bond acceptors (Lipinski definition) is 2. The number of carbonyl (C=O) groups is 1. The molecule has 0 saturated heterocycles. The highest BCUT2D eigenvalue weighted by Crippen LogP contribution is 2.28. The molecule has 1 heterocycles. The number of rotatable bonds is 2. The van der Waals surface area contributed by atoms with E-state index in [4.69, 9.17) is 0 Å². The summed E-state index contributed by atoms with van der Waals surface area (Å²) in [5.41, 5.74) is 2.03. The molecule has 0 radical (unpaired) electrons. The fourth-order valence-corrected chi connectivity index (χ4v) is 2.11. The van der Waals surface area contributed by atoms with Crippen molar-refractivity contribution in [3.05, 3.63) is 36.0 Å². The second-order valence-corrected chi connectivity index (χ2v) is 4.25. The molecule has 1 N–H and O–H groups in total. The highest BCUT2D eigenvalue weighted by molar-refractivity contribution is 5.85. The van der Waals surface area contributed by atoms with E-state index in [-0.39, 0.29) is 11.9 Å². The van der Waals surface area contributed by atoms with Crippen LogP contribution < -0.4 is 0 Å². The van der Waals surface area contributed by atoms with Crippen molar-refractivity contribution in [1.29, 1.82) is 0 Å². The standard InChI is InChI=1S/C13H16N2O2/c1-9(15(17)10(2)16)12-8-14(3)13-7-5-4-6-11(12)13/h4-9,17H,1-3H3. The number of amides is 1. The summed E-state index contributed by atoms with van der Waals surface area (Å²) in [6.07, 6.45) is 1.95. The van der Waals surface area contributed by atoms with E-state index in [1.54, 1.807) is 0 Å². The molecule has 1 aromatic heterocycles. The highest BCUT2D eigenvalue weighted by atomic mass is 16.5. The summed E-state index contributed by atoms with van der Waals surface area (Å²) in [4.78, 5) is 11.2. The smallest absolute Gasteiger partial charge is 0.243 e. The van der Waals surface area contributed by atoms with E-state index in [0.717, 1.165) is 21.5 Å². The maximum atomic E-state index is 11.2. The Kier molecular flexibility index (Phi) is 2.90. The van der Waals surface area contributed by atoms with Crippen LogP contribution in [0.3, 0.4) is 0 Å². The molecule has 17 heavy (non-hydrogen) atoms. The lowest BCUT2D eigenvalue weighted by Gasteiger charge is -2.20. The fourth-order valence-electron chi connectivity index (χ4n) is 2.11. The Hall–Kier alpha value is -1.81. The van der Waals surface area contributed by atoms with Crippen LogP contribution in [0.15, 0.2) is 30.5 Å². The summed E-state index contributed by atoms with van der Waals surface area (Å²) < 4.78 is 2.00. The molecule has 4 nitrogen and oxygen atoms in total. The van der Waals surface area contributed by atoms with Gasteiger partial charge in [-0.1, -0.05) is 18.2 Å². The molecule has 1 unspecified atom stereocenters. The Balaban J connectivity index is 2.52. The van der Waals surface area contributed by atoms with Crippen LogP contribution in [0.2, 0.25) is 0 Å². The molecule has 0 aliphatic carbocycles. The van der Waals surface area contributed by atoms with Gasteiger partial charge >= 0.3 is 0 Å². The van der Waals surface area contributed by atoms with Crippen LogP contribution in [-0.4, -0.2) is 20.7 Å². The zero-order chi connectivity index (χ0) is 12.6. The van der Waals surface area contributed by atoms with Crippen LogP contribution in [0.4, 0.5) is 0 Å². The minimum atomic E-state index is -0.356. The highest BCUT2D eigenvalue weighted by Gasteiger charge is 2.20. The van der Waals surface area contributed by atoms with Gasteiger partial charge in [0, 0.05) is 36.6 Å². The molecule has 1 aromatic carbocycles. The van der Waals surface area contributed by atoms with Gasteiger partial charge in [-0.3, -0.25) is 10.0 Å². The average molecular weight is 232 g/mol. The second-order valence-electron chi connectivity index (χ2n) is 4.25. The molecule has 2 rings (SSSR count). The summed E-state index contributed by atoms with van der Waals surface area (Å²) in [6.45, 7) is 3.16. The number of fused-ring (bicyclic) bond motifs is 1. The monoisotopic (exact) mass is 232 g/mol. The number of aromatic nitrogens is 1. The minimum Gasteiger partial charge on any atom is -0.350 e. The molecule has 2 aromatic rings. The van der Waals surface area contributed by atoms with Crippen molar-refractivity contribution >= 4 is 16.8 Å². The van der Waals surface area contributed by atoms with Crippen molar-refractivity contribution in [3.63, 3.8) is 0 Å². The Morgan fingerprint density at radius 2 is 2.06 bits per heavy atom. The summed E-state index contributed by atoms with van der Waals surface area (Å²) in [7, 11) is 1.95. The van der Waals surface area contributed by atoms with Crippen molar-refractivity contribution in [2.45, 2.75) is 19.9 Å². The molecule has 0 spiro atoms. The molecular formula is C13H16N2O2. The van der Waals surface area contributed by atoms with Gasteiger partial charge in [-0.15, -0.1) is 0 Å². The van der Waals surface area contributed by atoms with Gasteiger partial charge in [0.25, 0.3) is 0 Å². The molecule has 4 heteroatoms. The van der Waals surface area contributed by atoms with Gasteiger partial charge in [-0.25, -0.2) is 5.06 Å². The topological polar surface area (TPSA) is 45.5 Å². The normalized spacial score (nSPS) is 12.7. The van der Waals surface area contributed by atoms with Gasteiger partial charge in [0.05, 0.1) is 6.04 Å². The van der Waals surface area contributed by atoms with E-state index in [1.807, 2.05) is 49.0 Å². The van der Waals surface area contributed by atoms with Crippen molar-refractivity contribution < 1.29 is 10.0 Å². The predicted molar refractivity (Wildman–Crippen MR) is 65.6 cm³/mol. The third kappa shape index (κ3) is 1.91. The Bertz CT molecular complexity index is 560. The predicted octanol–water partition coefficient (Wildman–Crippen LogP) is 2.48. The van der Waals surface area contributed by atoms with Gasteiger partial charge in [-0.2, -0.15) is 0 Å². The molecule has 0 aliphatic heterocycles. The first-order valence-corrected chi connectivity index (χ1v) is 5.55. The van der Waals surface area contributed by atoms with E-state index in [1.165, 1.54) is 6.92 Å². The maximum Gasteiger partial charge on any atom is 0.243 e. The van der Waals surface area contributed by atoms with Crippen LogP contribution in [0.25, 0.3) is 10.9 Å². The van der Waals surface area contributed by atoms with Gasteiger partial charge in [0.15, 0.2) is 0 Å². The lowest BCUT2D eigenvalue weighted by Crippen LogP contribution is -2.27. The van der Waals surface area contributed by atoms with Gasteiger partial charge < -0.3 is 4.57 Å². The minimum absolute atomic E-state index is 0.349. The zero-order valence-corrected chi connectivity index (χ0v) is 10.2. The number of benzene rings is 1. The maximum absolute atomic E-state index is 11.2. The summed E-state index contributed by atoms with van der Waals surface area (Å²) >= 11 is 0. The van der Waals surface area contributed by atoms with Crippen LogP contribution in [-0.2, 0) is 11.8 Å². The van der Waals surface area contributed by atoms with Crippen molar-refractivity contribution in [2.24, 2.45) is 7.05 Å². The SMILES string of the molecule is CC(=O)N(O)C(C)c1cn(C)c2ccccc12. The van der Waals surface area contributed by atoms with Crippen molar-refractivity contribution in [2.75, 3.05) is 0 Å². The van der Waals surface area contributed by atoms with E-state index < -0.39 is 0 Å². The van der Waals surface area contributed by atoms with E-state index in [2.05, 4.69) is 0 Å². The molecule has 0 saturated carbocycles. The third-order valence-corrected chi connectivity index (χ3v) is 3.07. The number of hydroxylamine groups is 2. The first kappa shape index (κ1) is 11.7. The Morgan fingerprint density at radius 1 is 1.41 bits per heavy atom. The second kappa shape index (κ2) is 4.22. The molecule has 90 valence electrons. The Morgan fingerprint density at radius 3 is 2.71 bits per heavy atom. The lowest BCUT2D eigenvalue weighted by atomic mass is 10.1. The number of hydrogen-bond donors (Lipinski definition) is 1. The largest absolute Gasteiger partial charge is 0.350 e. The molecule has 0 bridgehead atoms. The first-order valence-electron chi connectivity index (χ1n) is 5.55. The number of aryl methyl sites for hydroxylation is 1. The number of nitrogens with zero attached hydrogens (tertiary/aromatic N) is 2. The molecule has 0 fully saturated rings. The fraction of sp³-hybridized carbons (Fsp3) is 0.308.